The van der Waals surface area contributed by atoms with Crippen molar-refractivity contribution in [2.75, 3.05) is 0 Å². The maximum absolute atomic E-state index is 12.6. The molecule has 0 aromatic heterocycles. The number of nitrogens with one attached hydrogen (secondary N) is 1. The number of hydrogen-bond acceptors (Lipinski definition) is 3. The number of esters is 1. The Labute approximate surface area is 194 Å². The van der Waals surface area contributed by atoms with Gasteiger partial charge in [-0.1, -0.05) is 57.3 Å². The van der Waals surface area contributed by atoms with Gasteiger partial charge in [-0.05, 0) is 58.4 Å². The second-order valence-electron chi connectivity index (χ2n) is 5.94. The standard InChI is InChI=1S/C21H13Br2Cl2NO3/c22-14-8-13(11-26-20(27)12-4-2-1-3-5-12)19(17(23)9-14)29-21(28)16-7-6-15(24)10-18(16)25/h1-10H,11H2,(H,26,27). The highest BCUT2D eigenvalue weighted by Crippen LogP contribution is 2.34. The van der Waals surface area contributed by atoms with Crippen LogP contribution in [0.5, 0.6) is 5.75 Å². The number of hydrogen-bond donors (Lipinski definition) is 1. The molecule has 3 aromatic rings. The van der Waals surface area contributed by atoms with Gasteiger partial charge in [0.15, 0.2) is 0 Å². The van der Waals surface area contributed by atoms with E-state index in [1.54, 1.807) is 42.5 Å². The largest absolute Gasteiger partial charge is 0.421 e. The number of carbonyl (C=O) groups is 2. The Bertz CT molecular complexity index is 1080. The van der Waals surface area contributed by atoms with Gasteiger partial charge in [0, 0.05) is 27.2 Å². The van der Waals surface area contributed by atoms with Crippen LogP contribution in [-0.4, -0.2) is 11.9 Å². The zero-order valence-corrected chi connectivity index (χ0v) is 19.4. The van der Waals surface area contributed by atoms with Gasteiger partial charge >= 0.3 is 5.97 Å². The third-order valence-corrected chi connectivity index (χ3v) is 5.50. The zero-order chi connectivity index (χ0) is 21.0. The third-order valence-electron chi connectivity index (χ3n) is 3.91. The van der Waals surface area contributed by atoms with Crippen molar-refractivity contribution < 1.29 is 14.3 Å². The molecule has 0 spiro atoms. The lowest BCUT2D eigenvalue weighted by Gasteiger charge is -2.14. The van der Waals surface area contributed by atoms with E-state index in [0.29, 0.717) is 20.6 Å². The second kappa shape index (κ2) is 9.76. The molecule has 0 saturated heterocycles. The van der Waals surface area contributed by atoms with Crippen LogP contribution in [0.4, 0.5) is 0 Å². The summed E-state index contributed by atoms with van der Waals surface area (Å²) in [4.78, 5) is 25.0. The van der Waals surface area contributed by atoms with E-state index in [2.05, 4.69) is 37.2 Å². The summed E-state index contributed by atoms with van der Waals surface area (Å²) >= 11 is 18.8. The molecular weight excluding hydrogens is 545 g/mol. The van der Waals surface area contributed by atoms with Crippen molar-refractivity contribution in [1.29, 1.82) is 0 Å². The monoisotopic (exact) mass is 555 g/mol. The number of halogens is 4. The molecular formula is C21H13Br2Cl2NO3. The van der Waals surface area contributed by atoms with Crippen LogP contribution in [0.25, 0.3) is 0 Å². The molecule has 3 aromatic carbocycles. The summed E-state index contributed by atoms with van der Waals surface area (Å²) in [5, 5.41) is 3.43. The van der Waals surface area contributed by atoms with Crippen molar-refractivity contribution in [3.05, 3.63) is 96.3 Å². The highest BCUT2D eigenvalue weighted by atomic mass is 79.9. The first-order valence-corrected chi connectivity index (χ1v) is 10.7. The van der Waals surface area contributed by atoms with Gasteiger partial charge in [0.25, 0.3) is 5.91 Å². The van der Waals surface area contributed by atoms with Crippen molar-refractivity contribution in [3.8, 4) is 5.75 Å². The molecule has 0 unspecified atom stereocenters. The normalized spacial score (nSPS) is 10.5. The lowest BCUT2D eigenvalue weighted by molar-refractivity contribution is 0.0732. The molecule has 148 valence electrons. The van der Waals surface area contributed by atoms with Gasteiger partial charge in [-0.15, -0.1) is 0 Å². The minimum absolute atomic E-state index is 0.155. The summed E-state index contributed by atoms with van der Waals surface area (Å²) < 4.78 is 6.90. The fourth-order valence-electron chi connectivity index (χ4n) is 2.53. The number of ether oxygens (including phenoxy) is 1. The molecule has 3 rings (SSSR count). The molecule has 29 heavy (non-hydrogen) atoms. The molecule has 0 bridgehead atoms. The Morgan fingerprint density at radius 2 is 1.69 bits per heavy atom. The van der Waals surface area contributed by atoms with Crippen LogP contribution < -0.4 is 10.1 Å². The predicted octanol–water partition coefficient (Wildman–Crippen LogP) is 6.67. The van der Waals surface area contributed by atoms with E-state index < -0.39 is 5.97 Å². The van der Waals surface area contributed by atoms with Crippen LogP contribution in [0.1, 0.15) is 26.3 Å². The lowest BCUT2D eigenvalue weighted by Crippen LogP contribution is -2.23. The van der Waals surface area contributed by atoms with Gasteiger partial charge in [0.05, 0.1) is 15.1 Å². The number of carbonyl (C=O) groups excluding carboxylic acids is 2. The lowest BCUT2D eigenvalue weighted by atomic mass is 10.1. The minimum atomic E-state index is -0.634. The van der Waals surface area contributed by atoms with Crippen LogP contribution in [-0.2, 0) is 6.54 Å². The van der Waals surface area contributed by atoms with Crippen LogP contribution in [0.15, 0.2) is 69.6 Å². The number of amides is 1. The van der Waals surface area contributed by atoms with E-state index in [9.17, 15) is 9.59 Å². The highest BCUT2D eigenvalue weighted by molar-refractivity contribution is 9.11. The average Bonchev–Trinajstić information content (AvgIpc) is 2.68. The predicted molar refractivity (Wildman–Crippen MR) is 121 cm³/mol. The Morgan fingerprint density at radius 3 is 2.38 bits per heavy atom. The molecule has 0 atom stereocenters. The summed E-state index contributed by atoms with van der Waals surface area (Å²) in [5.41, 5.74) is 1.33. The fraction of sp³-hybridized carbons (Fsp3) is 0.0476. The van der Waals surface area contributed by atoms with Crippen molar-refractivity contribution >= 4 is 66.9 Å². The first kappa shape index (κ1) is 21.8. The maximum atomic E-state index is 12.6. The Hall–Kier alpha value is -1.86. The summed E-state index contributed by atoms with van der Waals surface area (Å²) in [7, 11) is 0. The average molecular weight is 558 g/mol. The van der Waals surface area contributed by atoms with Crippen LogP contribution >= 0.6 is 55.1 Å². The van der Waals surface area contributed by atoms with E-state index in [1.807, 2.05) is 6.07 Å². The van der Waals surface area contributed by atoms with Crippen molar-refractivity contribution in [2.24, 2.45) is 0 Å². The molecule has 1 N–H and O–H groups in total. The Morgan fingerprint density at radius 1 is 0.966 bits per heavy atom. The molecule has 4 nitrogen and oxygen atoms in total. The number of benzene rings is 3. The SMILES string of the molecule is O=C(NCc1cc(Br)cc(Br)c1OC(=O)c1ccc(Cl)cc1Cl)c1ccccc1. The minimum Gasteiger partial charge on any atom is -0.421 e. The third kappa shape index (κ3) is 5.60. The zero-order valence-electron chi connectivity index (χ0n) is 14.7. The van der Waals surface area contributed by atoms with E-state index in [4.69, 9.17) is 27.9 Å². The quantitative estimate of drug-likeness (QED) is 0.282. The Kier molecular flexibility index (Phi) is 7.35. The van der Waals surface area contributed by atoms with Gasteiger partial charge in [-0.3, -0.25) is 4.79 Å². The van der Waals surface area contributed by atoms with Gasteiger partial charge in [-0.25, -0.2) is 4.79 Å². The molecule has 1 amide bonds. The topological polar surface area (TPSA) is 55.4 Å². The number of rotatable bonds is 5. The summed E-state index contributed by atoms with van der Waals surface area (Å²) in [6.45, 7) is 0.155. The van der Waals surface area contributed by atoms with Gasteiger partial charge < -0.3 is 10.1 Å². The van der Waals surface area contributed by atoms with Crippen molar-refractivity contribution in [3.63, 3.8) is 0 Å². The van der Waals surface area contributed by atoms with Crippen molar-refractivity contribution in [1.82, 2.24) is 5.32 Å². The van der Waals surface area contributed by atoms with Crippen LogP contribution in [0.2, 0.25) is 10.0 Å². The maximum Gasteiger partial charge on any atom is 0.345 e. The van der Waals surface area contributed by atoms with E-state index >= 15 is 0 Å². The summed E-state index contributed by atoms with van der Waals surface area (Å²) in [6.07, 6.45) is 0. The smallest absolute Gasteiger partial charge is 0.345 e. The summed E-state index contributed by atoms with van der Waals surface area (Å²) in [6, 6.07) is 16.9. The van der Waals surface area contributed by atoms with Crippen LogP contribution in [0, 0.1) is 0 Å². The molecule has 0 saturated carbocycles. The molecule has 0 aliphatic carbocycles. The molecule has 0 aliphatic heterocycles. The molecule has 0 radical (unpaired) electrons. The summed E-state index contributed by atoms with van der Waals surface area (Å²) in [5.74, 6) is -0.581. The van der Waals surface area contributed by atoms with E-state index in [1.165, 1.54) is 12.1 Å². The van der Waals surface area contributed by atoms with Gasteiger partial charge in [-0.2, -0.15) is 0 Å². The molecule has 0 aliphatic rings. The Balaban J connectivity index is 1.83. The van der Waals surface area contributed by atoms with Crippen molar-refractivity contribution in [2.45, 2.75) is 6.54 Å². The first-order valence-electron chi connectivity index (χ1n) is 8.33. The van der Waals surface area contributed by atoms with Gasteiger partial charge in [0.2, 0.25) is 0 Å². The van der Waals surface area contributed by atoms with Gasteiger partial charge in [0.1, 0.15) is 5.75 Å². The molecule has 0 fully saturated rings. The van der Waals surface area contributed by atoms with E-state index in [-0.39, 0.29) is 28.8 Å². The van der Waals surface area contributed by atoms with Crippen LogP contribution in [0.3, 0.4) is 0 Å². The highest BCUT2D eigenvalue weighted by Gasteiger charge is 2.19. The van der Waals surface area contributed by atoms with E-state index in [0.717, 1.165) is 4.47 Å². The first-order chi connectivity index (χ1) is 13.8. The second-order valence-corrected chi connectivity index (χ2v) is 8.55. The fourth-order valence-corrected chi connectivity index (χ4v) is 4.41. The molecule has 0 heterocycles. The molecule has 8 heteroatoms.